The number of thiophene rings is 1. The van der Waals surface area contributed by atoms with Crippen molar-refractivity contribution in [3.05, 3.63) is 21.7 Å². The first-order valence-corrected chi connectivity index (χ1v) is 10.7. The number of amides is 1. The molecule has 1 amide bonds. The van der Waals surface area contributed by atoms with Crippen LogP contribution in [0, 0.1) is 6.92 Å². The van der Waals surface area contributed by atoms with Crippen molar-refractivity contribution in [1.82, 2.24) is 9.88 Å². The third-order valence-electron chi connectivity index (χ3n) is 5.37. The van der Waals surface area contributed by atoms with Crippen LogP contribution in [0.3, 0.4) is 0 Å². The Morgan fingerprint density at radius 1 is 1.28 bits per heavy atom. The van der Waals surface area contributed by atoms with E-state index in [1.165, 1.54) is 18.4 Å². The van der Waals surface area contributed by atoms with Crippen molar-refractivity contribution in [3.8, 4) is 0 Å². The smallest absolute Gasteiger partial charge is 0.350 e. The van der Waals surface area contributed by atoms with Crippen molar-refractivity contribution >= 4 is 39.1 Å². The van der Waals surface area contributed by atoms with Gasteiger partial charge in [-0.05, 0) is 39.4 Å². The molecule has 0 saturated heterocycles. The highest BCUT2D eigenvalue weighted by Crippen LogP contribution is 2.42. The zero-order valence-corrected chi connectivity index (χ0v) is 18.8. The van der Waals surface area contributed by atoms with Gasteiger partial charge in [-0.25, -0.2) is 9.78 Å². The van der Waals surface area contributed by atoms with E-state index in [9.17, 15) is 9.59 Å². The van der Waals surface area contributed by atoms with Crippen molar-refractivity contribution < 1.29 is 19.1 Å². The third-order valence-corrected chi connectivity index (χ3v) is 6.43. The number of hydrogen-bond donors (Lipinski definition) is 1. The second kappa shape index (κ2) is 8.38. The molecule has 0 aromatic carbocycles. The van der Waals surface area contributed by atoms with Gasteiger partial charge in [0.25, 0.3) is 0 Å². The fraction of sp³-hybridized carbons (Fsp3) is 0.571. The number of likely N-dealkylation sites (N-methyl/N-ethyl adjacent to an activating group) is 1. The maximum Gasteiger partial charge on any atom is 0.350 e. The number of pyridine rings is 1. The summed E-state index contributed by atoms with van der Waals surface area (Å²) in [5.74, 6) is -0.622. The summed E-state index contributed by atoms with van der Waals surface area (Å²) in [4.78, 5) is 33.1. The number of rotatable bonds is 6. The van der Waals surface area contributed by atoms with E-state index in [1.807, 2.05) is 39.5 Å². The van der Waals surface area contributed by atoms with Gasteiger partial charge in [0.2, 0.25) is 5.91 Å². The van der Waals surface area contributed by atoms with Crippen LogP contribution < -0.4 is 5.32 Å². The number of nitrogens with one attached hydrogen (secondary N) is 1. The number of hydrogen-bond acceptors (Lipinski definition) is 7. The molecule has 1 N–H and O–H groups in total. The Bertz CT molecular complexity index is 947. The molecule has 1 aliphatic rings. The molecule has 0 aliphatic carbocycles. The number of aromatic nitrogens is 1. The van der Waals surface area contributed by atoms with Crippen LogP contribution in [0.5, 0.6) is 0 Å². The van der Waals surface area contributed by atoms with Crippen molar-refractivity contribution in [1.29, 1.82) is 0 Å². The van der Waals surface area contributed by atoms with Crippen LogP contribution in [-0.2, 0) is 27.3 Å². The van der Waals surface area contributed by atoms with Crippen LogP contribution >= 0.6 is 11.3 Å². The van der Waals surface area contributed by atoms with Gasteiger partial charge in [0.1, 0.15) is 9.71 Å². The maximum atomic E-state index is 12.8. The number of fused-ring (bicyclic) bond motifs is 3. The minimum atomic E-state index is -0.469. The van der Waals surface area contributed by atoms with E-state index < -0.39 is 5.97 Å². The van der Waals surface area contributed by atoms with Gasteiger partial charge in [0, 0.05) is 23.1 Å². The summed E-state index contributed by atoms with van der Waals surface area (Å²) in [6.45, 7) is 12.4. The lowest BCUT2D eigenvalue weighted by molar-refractivity contribution is -0.117. The van der Waals surface area contributed by atoms with E-state index in [4.69, 9.17) is 14.5 Å². The first-order chi connectivity index (χ1) is 13.7. The van der Waals surface area contributed by atoms with E-state index in [0.717, 1.165) is 40.1 Å². The number of carbonyl (C=O) groups excluding carboxylic acids is 2. The Hall–Kier alpha value is -2.03. The van der Waals surface area contributed by atoms with Crippen molar-refractivity contribution in [3.63, 3.8) is 0 Å². The van der Waals surface area contributed by atoms with Gasteiger partial charge in [-0.1, -0.05) is 13.8 Å². The number of esters is 1. The summed E-state index contributed by atoms with van der Waals surface area (Å²) in [5, 5.41) is 3.83. The molecule has 0 bridgehead atoms. The molecule has 2 aromatic heterocycles. The van der Waals surface area contributed by atoms with Crippen LogP contribution in [0.15, 0.2) is 0 Å². The summed E-state index contributed by atoms with van der Waals surface area (Å²) in [6, 6.07) is 0. The number of ether oxygens (including phenoxy) is 2. The van der Waals surface area contributed by atoms with Gasteiger partial charge in [0.15, 0.2) is 0 Å². The van der Waals surface area contributed by atoms with Crippen molar-refractivity contribution in [2.24, 2.45) is 0 Å². The summed E-state index contributed by atoms with van der Waals surface area (Å²) >= 11 is 1.26. The highest BCUT2D eigenvalue weighted by molar-refractivity contribution is 7.21. The number of methoxy groups -OCH3 is 1. The maximum absolute atomic E-state index is 12.8. The van der Waals surface area contributed by atoms with E-state index in [0.29, 0.717) is 23.6 Å². The second-order valence-electron chi connectivity index (χ2n) is 7.87. The van der Waals surface area contributed by atoms with Gasteiger partial charge >= 0.3 is 5.97 Å². The molecule has 1 aliphatic heterocycles. The van der Waals surface area contributed by atoms with E-state index in [1.54, 1.807) is 0 Å². The van der Waals surface area contributed by atoms with Crippen molar-refractivity contribution in [2.75, 3.05) is 32.1 Å². The molecule has 0 atom stereocenters. The normalized spacial score (nSPS) is 15.4. The average molecular weight is 420 g/mol. The minimum Gasteiger partial charge on any atom is -0.465 e. The molecule has 8 heteroatoms. The molecule has 2 aromatic rings. The lowest BCUT2D eigenvalue weighted by Crippen LogP contribution is -2.34. The Balaban J connectivity index is 2.15. The average Bonchev–Trinajstić information content (AvgIpc) is 3.02. The molecule has 29 heavy (non-hydrogen) atoms. The second-order valence-corrected chi connectivity index (χ2v) is 8.87. The topological polar surface area (TPSA) is 80.8 Å². The molecule has 0 unspecified atom stereocenters. The van der Waals surface area contributed by atoms with Gasteiger partial charge in [-0.15, -0.1) is 11.3 Å². The summed E-state index contributed by atoms with van der Waals surface area (Å²) in [5.41, 5.74) is 3.19. The van der Waals surface area contributed by atoms with Crippen LogP contribution in [0.4, 0.5) is 5.69 Å². The van der Waals surface area contributed by atoms with E-state index in [-0.39, 0.29) is 18.1 Å². The Labute approximate surface area is 175 Å². The third kappa shape index (κ3) is 4.29. The number of anilines is 1. The quantitative estimate of drug-likeness (QED) is 0.722. The number of aryl methyl sites for hydroxylation is 1. The molecule has 3 heterocycles. The summed E-state index contributed by atoms with van der Waals surface area (Å²) in [7, 11) is 1.35. The number of carbonyl (C=O) groups is 2. The molecular formula is C21H29N3O4S. The molecule has 3 rings (SSSR count). The van der Waals surface area contributed by atoms with E-state index in [2.05, 4.69) is 5.32 Å². The first kappa shape index (κ1) is 21.7. The van der Waals surface area contributed by atoms with Crippen LogP contribution in [-0.4, -0.2) is 54.1 Å². The zero-order valence-electron chi connectivity index (χ0n) is 18.0. The molecular weight excluding hydrogens is 390 g/mol. The van der Waals surface area contributed by atoms with E-state index >= 15 is 0 Å². The van der Waals surface area contributed by atoms with Gasteiger partial charge in [0.05, 0.1) is 31.5 Å². The predicted molar refractivity (Wildman–Crippen MR) is 115 cm³/mol. The standard InChI is InChI=1S/C21H29N3O4S/c1-7-24(8-2)10-15(25)23-17-16-13-9-21(4,5)28-11-14(13)12(3)22-19(16)29-18(17)20(26)27-6/h7-11H2,1-6H3,(H,23,25). The minimum absolute atomic E-state index is 0.154. The largest absolute Gasteiger partial charge is 0.465 e. The summed E-state index contributed by atoms with van der Waals surface area (Å²) in [6.07, 6.45) is 0.679. The summed E-state index contributed by atoms with van der Waals surface area (Å²) < 4.78 is 11.0. The molecule has 158 valence electrons. The highest BCUT2D eigenvalue weighted by atomic mass is 32.1. The predicted octanol–water partition coefficient (Wildman–Crippen LogP) is 3.52. The number of nitrogens with zero attached hydrogens (tertiary/aromatic N) is 2. The Kier molecular flexibility index (Phi) is 6.26. The molecule has 0 fully saturated rings. The van der Waals surface area contributed by atoms with Crippen molar-refractivity contribution in [2.45, 2.75) is 53.2 Å². The Morgan fingerprint density at radius 2 is 1.97 bits per heavy atom. The van der Waals surface area contributed by atoms with Gasteiger partial charge in [-0.3, -0.25) is 9.69 Å². The van der Waals surface area contributed by atoms with Crippen LogP contribution in [0.2, 0.25) is 0 Å². The molecule has 0 radical (unpaired) electrons. The monoisotopic (exact) mass is 419 g/mol. The van der Waals surface area contributed by atoms with Gasteiger partial charge in [-0.2, -0.15) is 0 Å². The van der Waals surface area contributed by atoms with Crippen LogP contribution in [0.25, 0.3) is 10.2 Å². The zero-order chi connectivity index (χ0) is 21.3. The SMILES string of the molecule is CCN(CC)CC(=O)Nc1c(C(=O)OC)sc2nc(C)c3c(c12)CC(C)(C)OC3. The van der Waals surface area contributed by atoms with Crippen LogP contribution in [0.1, 0.15) is 54.2 Å². The fourth-order valence-corrected chi connectivity index (χ4v) is 4.81. The highest BCUT2D eigenvalue weighted by Gasteiger charge is 2.33. The van der Waals surface area contributed by atoms with Gasteiger partial charge < -0.3 is 14.8 Å². The molecule has 0 spiro atoms. The lowest BCUT2D eigenvalue weighted by atomic mass is 9.89. The molecule has 0 saturated carbocycles. The first-order valence-electron chi connectivity index (χ1n) is 9.90. The lowest BCUT2D eigenvalue weighted by Gasteiger charge is -2.33. The Morgan fingerprint density at radius 3 is 2.59 bits per heavy atom. The molecule has 7 nitrogen and oxygen atoms in total. The fourth-order valence-electron chi connectivity index (χ4n) is 3.68.